The summed E-state index contributed by atoms with van der Waals surface area (Å²) in [7, 11) is 0. The van der Waals surface area contributed by atoms with Gasteiger partial charge in [-0.1, -0.05) is 30.3 Å². The summed E-state index contributed by atoms with van der Waals surface area (Å²) in [6.07, 6.45) is -0.856. The predicted molar refractivity (Wildman–Crippen MR) is 122 cm³/mol. The minimum atomic E-state index is -1.69. The normalized spacial score (nSPS) is 14.3. The van der Waals surface area contributed by atoms with Crippen molar-refractivity contribution in [1.82, 2.24) is 16.0 Å². The molecule has 0 aliphatic heterocycles. The van der Waals surface area contributed by atoms with Crippen molar-refractivity contribution < 1.29 is 34.2 Å². The number of carboxylic acids is 2. The number of rotatable bonds is 13. The number of hydrogen-bond acceptors (Lipinski definition) is 8. The summed E-state index contributed by atoms with van der Waals surface area (Å²) < 4.78 is 0. The highest BCUT2D eigenvalue weighted by molar-refractivity contribution is 7.80. The van der Waals surface area contributed by atoms with Gasteiger partial charge in [0.1, 0.15) is 18.1 Å². The van der Waals surface area contributed by atoms with Gasteiger partial charge in [0.15, 0.2) is 0 Å². The highest BCUT2D eigenvalue weighted by Crippen LogP contribution is 2.06. The number of nitrogens with two attached hydrogens (primary N) is 1. The highest BCUT2D eigenvalue weighted by atomic mass is 32.1. The summed E-state index contributed by atoms with van der Waals surface area (Å²) in [5.41, 5.74) is 6.24. The Bertz CT molecular complexity index is 825. The third-order valence-corrected chi connectivity index (χ3v) is 5.02. The maximum Gasteiger partial charge on any atom is 0.326 e. The Morgan fingerprint density at radius 3 is 1.84 bits per heavy atom. The van der Waals surface area contributed by atoms with E-state index in [4.69, 9.17) is 10.8 Å². The lowest BCUT2D eigenvalue weighted by atomic mass is 10.0. The van der Waals surface area contributed by atoms with Crippen molar-refractivity contribution in [3.8, 4) is 0 Å². The van der Waals surface area contributed by atoms with Crippen molar-refractivity contribution in [1.29, 1.82) is 0 Å². The van der Waals surface area contributed by atoms with Crippen LogP contribution in [0.4, 0.5) is 0 Å². The van der Waals surface area contributed by atoms with E-state index in [-0.39, 0.29) is 17.9 Å². The average molecular weight is 487 g/mol. The molecule has 32 heavy (non-hydrogen) atoms. The molecule has 0 saturated carbocycles. The SMILES string of the molecule is NC(CS)C(=O)NC(CS)C(=O)NC(Cc1ccccc1)C(=O)NC(CC(=O)O)C(=O)O. The molecule has 176 valence electrons. The van der Waals surface area contributed by atoms with Gasteiger partial charge in [-0.15, -0.1) is 0 Å². The Morgan fingerprint density at radius 1 is 0.812 bits per heavy atom. The van der Waals surface area contributed by atoms with Gasteiger partial charge >= 0.3 is 11.9 Å². The van der Waals surface area contributed by atoms with Gasteiger partial charge in [-0.05, 0) is 5.56 Å². The molecule has 0 saturated heterocycles. The van der Waals surface area contributed by atoms with Crippen LogP contribution in [-0.2, 0) is 30.4 Å². The van der Waals surface area contributed by atoms with Crippen LogP contribution in [0.5, 0.6) is 0 Å². The molecule has 0 aromatic heterocycles. The Morgan fingerprint density at radius 2 is 1.34 bits per heavy atom. The molecule has 0 aliphatic carbocycles. The van der Waals surface area contributed by atoms with Crippen molar-refractivity contribution >= 4 is 54.9 Å². The maximum atomic E-state index is 12.7. The fraction of sp³-hybridized carbons (Fsp3) is 0.421. The largest absolute Gasteiger partial charge is 0.481 e. The fourth-order valence-electron chi connectivity index (χ4n) is 2.53. The number of aliphatic carboxylic acids is 2. The second kappa shape index (κ2) is 13.6. The molecule has 0 radical (unpaired) electrons. The zero-order valence-corrected chi connectivity index (χ0v) is 18.7. The van der Waals surface area contributed by atoms with Crippen molar-refractivity contribution in [2.24, 2.45) is 5.73 Å². The van der Waals surface area contributed by atoms with E-state index in [1.807, 2.05) is 0 Å². The number of carboxylic acid groups (broad SMARTS) is 2. The summed E-state index contributed by atoms with van der Waals surface area (Å²) in [5.74, 6) is -5.29. The molecule has 0 bridgehead atoms. The maximum absolute atomic E-state index is 12.7. The standard InChI is InChI=1S/C19H26N4O7S2/c20-11(8-31)16(26)23-14(9-32)18(28)21-12(6-10-4-2-1-3-5-10)17(27)22-13(19(29)30)7-15(24)25/h1-5,11-14,31-32H,6-9,20H2,(H,21,28)(H,22,27)(H,23,26)(H,24,25)(H,29,30). The lowest BCUT2D eigenvalue weighted by Gasteiger charge is -2.24. The summed E-state index contributed by atoms with van der Waals surface area (Å²) in [4.78, 5) is 59.6. The molecule has 7 N–H and O–H groups in total. The summed E-state index contributed by atoms with van der Waals surface area (Å²) >= 11 is 7.96. The molecule has 0 aliphatic rings. The molecule has 1 rings (SSSR count). The van der Waals surface area contributed by atoms with Crippen LogP contribution >= 0.6 is 25.3 Å². The van der Waals surface area contributed by atoms with E-state index in [1.54, 1.807) is 30.3 Å². The second-order valence-electron chi connectivity index (χ2n) is 6.78. The molecule has 0 fully saturated rings. The van der Waals surface area contributed by atoms with Crippen LogP contribution in [0.15, 0.2) is 30.3 Å². The van der Waals surface area contributed by atoms with E-state index >= 15 is 0 Å². The molecule has 11 nitrogen and oxygen atoms in total. The van der Waals surface area contributed by atoms with Gasteiger partial charge in [0.25, 0.3) is 0 Å². The van der Waals surface area contributed by atoms with Gasteiger partial charge < -0.3 is 31.9 Å². The summed E-state index contributed by atoms with van der Waals surface area (Å²) in [6.45, 7) is 0. The number of amides is 3. The van der Waals surface area contributed by atoms with Crippen LogP contribution in [0.2, 0.25) is 0 Å². The molecule has 13 heteroatoms. The predicted octanol–water partition coefficient (Wildman–Crippen LogP) is -1.57. The molecule has 0 heterocycles. The Balaban J connectivity index is 3.03. The van der Waals surface area contributed by atoms with Crippen molar-refractivity contribution in [3.63, 3.8) is 0 Å². The number of nitrogens with one attached hydrogen (secondary N) is 3. The zero-order chi connectivity index (χ0) is 24.3. The van der Waals surface area contributed by atoms with Crippen molar-refractivity contribution in [2.75, 3.05) is 11.5 Å². The van der Waals surface area contributed by atoms with Gasteiger partial charge in [-0.3, -0.25) is 19.2 Å². The molecule has 0 spiro atoms. The van der Waals surface area contributed by atoms with Crippen molar-refractivity contribution in [3.05, 3.63) is 35.9 Å². The number of benzene rings is 1. The van der Waals surface area contributed by atoms with Crippen LogP contribution in [0, 0.1) is 0 Å². The Labute approximate surface area is 195 Å². The molecular formula is C19H26N4O7S2. The third-order valence-electron chi connectivity index (χ3n) is 4.26. The number of carbonyl (C=O) groups excluding carboxylic acids is 3. The first-order valence-electron chi connectivity index (χ1n) is 9.46. The molecule has 3 amide bonds. The summed E-state index contributed by atoms with van der Waals surface area (Å²) in [6, 6.07) is 3.55. The minimum Gasteiger partial charge on any atom is -0.481 e. The van der Waals surface area contributed by atoms with Crippen LogP contribution in [0.1, 0.15) is 12.0 Å². The van der Waals surface area contributed by atoms with Crippen LogP contribution in [0.3, 0.4) is 0 Å². The topological polar surface area (TPSA) is 188 Å². The van der Waals surface area contributed by atoms with E-state index in [0.29, 0.717) is 5.56 Å². The van der Waals surface area contributed by atoms with E-state index < -0.39 is 60.2 Å². The Hall–Kier alpha value is -2.77. The second-order valence-corrected chi connectivity index (χ2v) is 7.51. The van der Waals surface area contributed by atoms with Gasteiger partial charge in [0.2, 0.25) is 17.7 Å². The number of hydrogen-bond donors (Lipinski definition) is 8. The molecule has 4 unspecified atom stereocenters. The van der Waals surface area contributed by atoms with E-state index in [2.05, 4.69) is 41.2 Å². The first-order valence-corrected chi connectivity index (χ1v) is 10.7. The van der Waals surface area contributed by atoms with E-state index in [1.165, 1.54) is 0 Å². The molecular weight excluding hydrogens is 460 g/mol. The first-order chi connectivity index (χ1) is 15.1. The summed E-state index contributed by atoms with van der Waals surface area (Å²) in [5, 5.41) is 25.0. The minimum absolute atomic E-state index is 0.0127. The van der Waals surface area contributed by atoms with E-state index in [9.17, 15) is 29.1 Å². The average Bonchev–Trinajstić information content (AvgIpc) is 2.75. The van der Waals surface area contributed by atoms with Crippen LogP contribution in [0.25, 0.3) is 0 Å². The van der Waals surface area contributed by atoms with Gasteiger partial charge in [-0.2, -0.15) is 25.3 Å². The Kier molecular flexibility index (Phi) is 11.6. The highest BCUT2D eigenvalue weighted by Gasteiger charge is 2.30. The number of thiol groups is 2. The molecule has 1 aromatic rings. The van der Waals surface area contributed by atoms with Gasteiger partial charge in [-0.25, -0.2) is 4.79 Å². The molecule has 4 atom stereocenters. The third kappa shape index (κ3) is 9.16. The smallest absolute Gasteiger partial charge is 0.326 e. The van der Waals surface area contributed by atoms with Gasteiger partial charge in [0.05, 0.1) is 12.5 Å². The fourth-order valence-corrected chi connectivity index (χ4v) is 2.96. The first kappa shape index (κ1) is 27.3. The van der Waals surface area contributed by atoms with Crippen LogP contribution < -0.4 is 21.7 Å². The van der Waals surface area contributed by atoms with Crippen molar-refractivity contribution in [2.45, 2.75) is 37.0 Å². The monoisotopic (exact) mass is 486 g/mol. The van der Waals surface area contributed by atoms with E-state index in [0.717, 1.165) is 0 Å². The zero-order valence-electron chi connectivity index (χ0n) is 16.9. The lowest BCUT2D eigenvalue weighted by molar-refractivity contribution is -0.147. The molecule has 1 aromatic carbocycles. The number of carbonyl (C=O) groups is 5. The van der Waals surface area contributed by atoms with Gasteiger partial charge in [0, 0.05) is 17.9 Å². The lowest BCUT2D eigenvalue weighted by Crippen LogP contribution is -2.58. The quantitative estimate of drug-likeness (QED) is 0.154. The van der Waals surface area contributed by atoms with Crippen LogP contribution in [-0.4, -0.2) is 75.5 Å².